The molecule has 1 fully saturated rings. The topological polar surface area (TPSA) is 46.3 Å². The molecule has 1 unspecified atom stereocenters. The molecular formula is C14H20N2OS. The quantitative estimate of drug-likeness (QED) is 0.848. The fourth-order valence-electron chi connectivity index (χ4n) is 2.14. The Bertz CT molecular complexity index is 399. The molecule has 1 atom stereocenters. The number of rotatable bonds is 4. The Morgan fingerprint density at radius 1 is 1.44 bits per heavy atom. The van der Waals surface area contributed by atoms with Crippen LogP contribution in [-0.4, -0.2) is 35.4 Å². The lowest BCUT2D eigenvalue weighted by atomic mass is 10.1. The lowest BCUT2D eigenvalue weighted by molar-refractivity contribution is -0.131. The molecule has 1 aromatic rings. The Labute approximate surface area is 113 Å². The number of thioether (sulfide) groups is 1. The zero-order chi connectivity index (χ0) is 13.0. The molecule has 0 radical (unpaired) electrons. The van der Waals surface area contributed by atoms with E-state index in [4.69, 9.17) is 5.73 Å². The molecule has 2 N–H and O–H groups in total. The van der Waals surface area contributed by atoms with Crippen LogP contribution in [0.1, 0.15) is 18.4 Å². The Morgan fingerprint density at radius 2 is 2.17 bits per heavy atom. The highest BCUT2D eigenvalue weighted by Gasteiger charge is 2.23. The highest BCUT2D eigenvalue weighted by molar-refractivity contribution is 7.99. The van der Waals surface area contributed by atoms with Crippen molar-refractivity contribution in [1.29, 1.82) is 0 Å². The molecule has 1 saturated heterocycles. The Kier molecular flexibility index (Phi) is 4.53. The molecule has 0 saturated carbocycles. The minimum atomic E-state index is 0.249. The predicted octanol–water partition coefficient (Wildman–Crippen LogP) is 2.17. The fourth-order valence-corrected chi connectivity index (χ4v) is 3.41. The third-order valence-corrected chi connectivity index (χ3v) is 4.60. The Morgan fingerprint density at radius 3 is 2.78 bits per heavy atom. The van der Waals surface area contributed by atoms with Gasteiger partial charge in [0, 0.05) is 31.0 Å². The molecule has 1 aliphatic heterocycles. The summed E-state index contributed by atoms with van der Waals surface area (Å²) in [5.74, 6) is 2.52. The van der Waals surface area contributed by atoms with Crippen LogP contribution in [0.5, 0.6) is 0 Å². The van der Waals surface area contributed by atoms with E-state index in [-0.39, 0.29) is 5.91 Å². The summed E-state index contributed by atoms with van der Waals surface area (Å²) in [5.41, 5.74) is 7.58. The number of nitrogens with two attached hydrogens (primary N) is 1. The summed E-state index contributed by atoms with van der Waals surface area (Å²) in [6.07, 6.45) is 2.51. The van der Waals surface area contributed by atoms with Gasteiger partial charge in [-0.15, -0.1) is 0 Å². The van der Waals surface area contributed by atoms with Crippen LogP contribution in [0, 0.1) is 0 Å². The van der Waals surface area contributed by atoms with Crippen LogP contribution in [0.2, 0.25) is 0 Å². The zero-order valence-corrected chi connectivity index (χ0v) is 11.6. The van der Waals surface area contributed by atoms with Gasteiger partial charge in [0.1, 0.15) is 0 Å². The first-order valence-electron chi connectivity index (χ1n) is 6.34. The van der Waals surface area contributed by atoms with Crippen molar-refractivity contribution in [3.8, 4) is 0 Å². The summed E-state index contributed by atoms with van der Waals surface area (Å²) in [6.45, 7) is 0. The second-order valence-electron chi connectivity index (χ2n) is 4.76. The van der Waals surface area contributed by atoms with Gasteiger partial charge >= 0.3 is 0 Å². The molecule has 18 heavy (non-hydrogen) atoms. The molecule has 1 heterocycles. The van der Waals surface area contributed by atoms with E-state index >= 15 is 0 Å². The third-order valence-electron chi connectivity index (χ3n) is 3.45. The van der Waals surface area contributed by atoms with E-state index in [1.807, 2.05) is 48.0 Å². The zero-order valence-electron chi connectivity index (χ0n) is 10.8. The van der Waals surface area contributed by atoms with Crippen molar-refractivity contribution in [3.63, 3.8) is 0 Å². The maximum Gasteiger partial charge on any atom is 0.222 e. The van der Waals surface area contributed by atoms with Crippen molar-refractivity contribution in [1.82, 2.24) is 4.90 Å². The first-order valence-corrected chi connectivity index (χ1v) is 7.50. The highest BCUT2D eigenvalue weighted by atomic mass is 32.2. The van der Waals surface area contributed by atoms with E-state index in [2.05, 4.69) is 0 Å². The summed E-state index contributed by atoms with van der Waals surface area (Å²) in [4.78, 5) is 14.0. The van der Waals surface area contributed by atoms with Crippen molar-refractivity contribution in [2.75, 3.05) is 24.3 Å². The second kappa shape index (κ2) is 6.14. The molecule has 0 aliphatic carbocycles. The number of carbonyl (C=O) groups is 1. The van der Waals surface area contributed by atoms with E-state index < -0.39 is 0 Å². The molecule has 4 heteroatoms. The van der Waals surface area contributed by atoms with Crippen molar-refractivity contribution in [2.45, 2.75) is 25.3 Å². The lowest BCUT2D eigenvalue weighted by Gasteiger charge is -2.23. The van der Waals surface area contributed by atoms with E-state index in [1.54, 1.807) is 0 Å². The second-order valence-corrected chi connectivity index (χ2v) is 5.91. The number of hydrogen-bond acceptors (Lipinski definition) is 3. The maximum absolute atomic E-state index is 12.1. The summed E-state index contributed by atoms with van der Waals surface area (Å²) in [7, 11) is 1.93. The first-order chi connectivity index (χ1) is 8.66. The number of nitrogens with zero attached hydrogens (tertiary/aromatic N) is 1. The average Bonchev–Trinajstić information content (AvgIpc) is 2.90. The number of anilines is 1. The Hall–Kier alpha value is -1.16. The fraction of sp³-hybridized carbons (Fsp3) is 0.500. The van der Waals surface area contributed by atoms with Crippen LogP contribution >= 0.6 is 11.8 Å². The molecule has 0 aromatic heterocycles. The van der Waals surface area contributed by atoms with Gasteiger partial charge in [-0.05, 0) is 36.3 Å². The number of nitrogen functional groups attached to an aromatic ring is 1. The number of carbonyl (C=O) groups excluding carboxylic acids is 1. The summed E-state index contributed by atoms with van der Waals surface area (Å²) in [5, 5.41) is 0. The van der Waals surface area contributed by atoms with E-state index in [0.717, 1.165) is 24.3 Å². The van der Waals surface area contributed by atoms with Crippen molar-refractivity contribution < 1.29 is 4.79 Å². The minimum Gasteiger partial charge on any atom is -0.399 e. The van der Waals surface area contributed by atoms with Gasteiger partial charge in [0.2, 0.25) is 5.91 Å². The summed E-state index contributed by atoms with van der Waals surface area (Å²) >= 11 is 1.94. The lowest BCUT2D eigenvalue weighted by Crippen LogP contribution is -2.37. The molecule has 3 nitrogen and oxygen atoms in total. The minimum absolute atomic E-state index is 0.249. The Balaban J connectivity index is 1.82. The van der Waals surface area contributed by atoms with Crippen LogP contribution in [0.3, 0.4) is 0 Å². The number of amides is 1. The number of aryl methyl sites for hydroxylation is 1. The monoisotopic (exact) mass is 264 g/mol. The van der Waals surface area contributed by atoms with E-state index in [9.17, 15) is 4.79 Å². The van der Waals surface area contributed by atoms with Gasteiger partial charge in [-0.1, -0.05) is 12.1 Å². The van der Waals surface area contributed by atoms with Crippen LogP contribution < -0.4 is 5.73 Å². The third kappa shape index (κ3) is 3.42. The largest absolute Gasteiger partial charge is 0.399 e. The van der Waals surface area contributed by atoms with E-state index in [1.165, 1.54) is 11.3 Å². The summed E-state index contributed by atoms with van der Waals surface area (Å²) < 4.78 is 0. The smallest absolute Gasteiger partial charge is 0.222 e. The standard InChI is InChI=1S/C14H20N2OS/c1-16(13-8-9-18-10-13)14(17)7-4-11-2-5-12(15)6-3-11/h2-3,5-6,13H,4,7-10,15H2,1H3. The molecule has 1 aromatic carbocycles. The maximum atomic E-state index is 12.1. The van der Waals surface area contributed by atoms with Gasteiger partial charge in [0.05, 0.1) is 0 Å². The molecule has 0 bridgehead atoms. The molecule has 2 rings (SSSR count). The molecule has 98 valence electrons. The average molecular weight is 264 g/mol. The van der Waals surface area contributed by atoms with Crippen LogP contribution in [-0.2, 0) is 11.2 Å². The molecule has 1 amide bonds. The van der Waals surface area contributed by atoms with Gasteiger partial charge in [-0.25, -0.2) is 0 Å². The summed E-state index contributed by atoms with van der Waals surface area (Å²) in [6, 6.07) is 8.20. The number of hydrogen-bond donors (Lipinski definition) is 1. The van der Waals surface area contributed by atoms with Gasteiger partial charge in [-0.2, -0.15) is 11.8 Å². The van der Waals surface area contributed by atoms with Crippen LogP contribution in [0.15, 0.2) is 24.3 Å². The predicted molar refractivity (Wildman–Crippen MR) is 77.7 cm³/mol. The molecule has 0 spiro atoms. The van der Waals surface area contributed by atoms with Crippen LogP contribution in [0.25, 0.3) is 0 Å². The number of benzene rings is 1. The SMILES string of the molecule is CN(C(=O)CCc1ccc(N)cc1)C1CCSC1. The highest BCUT2D eigenvalue weighted by Crippen LogP contribution is 2.22. The van der Waals surface area contributed by atoms with Crippen molar-refractivity contribution in [2.24, 2.45) is 0 Å². The van der Waals surface area contributed by atoms with Crippen molar-refractivity contribution >= 4 is 23.4 Å². The molecular weight excluding hydrogens is 244 g/mol. The van der Waals surface area contributed by atoms with E-state index in [0.29, 0.717) is 12.5 Å². The normalized spacial score (nSPS) is 18.8. The van der Waals surface area contributed by atoms with Crippen LogP contribution in [0.4, 0.5) is 5.69 Å². The molecule has 1 aliphatic rings. The van der Waals surface area contributed by atoms with Gasteiger partial charge < -0.3 is 10.6 Å². The van der Waals surface area contributed by atoms with Gasteiger partial charge in [-0.3, -0.25) is 4.79 Å². The first kappa shape index (κ1) is 13.3. The van der Waals surface area contributed by atoms with Gasteiger partial charge in [0.15, 0.2) is 0 Å². The van der Waals surface area contributed by atoms with Crippen molar-refractivity contribution in [3.05, 3.63) is 29.8 Å². The van der Waals surface area contributed by atoms with Gasteiger partial charge in [0.25, 0.3) is 0 Å².